The Bertz CT molecular complexity index is 325. The molecule has 1 heterocycles. The molecule has 4 heteroatoms. The number of hydrogen-bond donors (Lipinski definition) is 1. The van der Waals surface area contributed by atoms with Gasteiger partial charge in [0.05, 0.1) is 12.6 Å². The summed E-state index contributed by atoms with van der Waals surface area (Å²) < 4.78 is 0. The maximum Gasteiger partial charge on any atom is 0.432 e. The van der Waals surface area contributed by atoms with Gasteiger partial charge in [-0.1, -0.05) is 30.3 Å². The van der Waals surface area contributed by atoms with Crippen LogP contribution < -0.4 is 0 Å². The second-order valence-corrected chi connectivity index (χ2v) is 3.16. The first kappa shape index (κ1) is 9.02. The maximum absolute atomic E-state index is 10.8. The van der Waals surface area contributed by atoms with E-state index in [0.717, 1.165) is 17.0 Å². The van der Waals surface area contributed by atoms with E-state index in [1.807, 2.05) is 30.3 Å². The molecule has 1 atom stereocenters. The molecule has 1 aromatic rings. The Labute approximate surface area is 81.7 Å². The summed E-state index contributed by atoms with van der Waals surface area (Å²) in [6.45, 7) is 0.464. The van der Waals surface area contributed by atoms with Crippen molar-refractivity contribution in [2.45, 2.75) is 12.5 Å². The molecule has 1 aliphatic heterocycles. The third-order valence-electron chi connectivity index (χ3n) is 2.28. The van der Waals surface area contributed by atoms with E-state index in [9.17, 15) is 4.79 Å². The van der Waals surface area contributed by atoms with E-state index in [1.54, 1.807) is 0 Å². The topological polar surface area (TPSA) is 49.8 Å². The van der Waals surface area contributed by atoms with E-state index in [0.29, 0.717) is 6.61 Å². The van der Waals surface area contributed by atoms with Crippen LogP contribution in [-0.4, -0.2) is 22.9 Å². The molecule has 14 heavy (non-hydrogen) atoms. The van der Waals surface area contributed by atoms with Gasteiger partial charge in [0.1, 0.15) is 0 Å². The van der Waals surface area contributed by atoms with Crippen molar-refractivity contribution >= 4 is 6.09 Å². The van der Waals surface area contributed by atoms with Crippen LogP contribution in [0.1, 0.15) is 18.0 Å². The number of benzene rings is 1. The molecule has 1 aliphatic rings. The van der Waals surface area contributed by atoms with Crippen LogP contribution in [-0.2, 0) is 4.84 Å². The summed E-state index contributed by atoms with van der Waals surface area (Å²) in [6.07, 6.45) is -0.313. The molecular formula is C10H11NO3. The van der Waals surface area contributed by atoms with Gasteiger partial charge in [0.15, 0.2) is 0 Å². The number of nitrogens with zero attached hydrogens (tertiary/aromatic N) is 1. The lowest BCUT2D eigenvalue weighted by Crippen LogP contribution is -2.27. The predicted octanol–water partition coefficient (Wildman–Crippen LogP) is 2.04. The minimum Gasteiger partial charge on any atom is -0.463 e. The molecule has 0 bridgehead atoms. The Balaban J connectivity index is 2.22. The second-order valence-electron chi connectivity index (χ2n) is 3.16. The molecule has 1 saturated heterocycles. The Kier molecular flexibility index (Phi) is 2.37. The van der Waals surface area contributed by atoms with Crippen molar-refractivity contribution in [1.82, 2.24) is 5.06 Å². The van der Waals surface area contributed by atoms with Gasteiger partial charge in [0.2, 0.25) is 0 Å². The van der Waals surface area contributed by atoms with E-state index in [2.05, 4.69) is 0 Å². The van der Waals surface area contributed by atoms with Crippen molar-refractivity contribution in [1.29, 1.82) is 0 Å². The first-order valence-electron chi connectivity index (χ1n) is 4.49. The zero-order valence-electron chi connectivity index (χ0n) is 7.59. The fourth-order valence-electron chi connectivity index (χ4n) is 1.64. The minimum atomic E-state index is -1.03. The Morgan fingerprint density at radius 2 is 2.14 bits per heavy atom. The molecule has 2 rings (SSSR count). The van der Waals surface area contributed by atoms with Crippen molar-refractivity contribution in [3.63, 3.8) is 0 Å². The summed E-state index contributed by atoms with van der Waals surface area (Å²) in [4.78, 5) is 15.8. The number of hydrogen-bond acceptors (Lipinski definition) is 2. The van der Waals surface area contributed by atoms with E-state index in [-0.39, 0.29) is 6.04 Å². The van der Waals surface area contributed by atoms with Crippen LogP contribution in [0.25, 0.3) is 0 Å². The third kappa shape index (κ3) is 1.56. The van der Waals surface area contributed by atoms with Crippen LogP contribution in [0.5, 0.6) is 0 Å². The molecule has 0 spiro atoms. The lowest BCUT2D eigenvalue weighted by Gasteiger charge is -2.19. The van der Waals surface area contributed by atoms with Gasteiger partial charge in [0, 0.05) is 6.42 Å². The lowest BCUT2D eigenvalue weighted by atomic mass is 10.1. The average molecular weight is 193 g/mol. The van der Waals surface area contributed by atoms with Gasteiger partial charge in [-0.15, -0.1) is 0 Å². The molecule has 1 fully saturated rings. The highest BCUT2D eigenvalue weighted by molar-refractivity contribution is 5.64. The van der Waals surface area contributed by atoms with E-state index in [1.165, 1.54) is 0 Å². The largest absolute Gasteiger partial charge is 0.463 e. The molecule has 0 radical (unpaired) electrons. The number of carbonyl (C=O) groups is 1. The van der Waals surface area contributed by atoms with E-state index in [4.69, 9.17) is 9.94 Å². The first-order chi connectivity index (χ1) is 6.79. The van der Waals surface area contributed by atoms with Crippen LogP contribution >= 0.6 is 0 Å². The van der Waals surface area contributed by atoms with Crippen LogP contribution in [0.15, 0.2) is 30.3 Å². The number of rotatable bonds is 1. The molecular weight excluding hydrogens is 182 g/mol. The smallest absolute Gasteiger partial charge is 0.432 e. The molecule has 0 saturated carbocycles. The summed E-state index contributed by atoms with van der Waals surface area (Å²) in [5, 5.41) is 9.87. The Hall–Kier alpha value is -1.55. The van der Waals surface area contributed by atoms with Crippen LogP contribution in [0.3, 0.4) is 0 Å². The molecule has 4 nitrogen and oxygen atoms in total. The summed E-state index contributed by atoms with van der Waals surface area (Å²) in [7, 11) is 0. The first-order valence-corrected chi connectivity index (χ1v) is 4.49. The van der Waals surface area contributed by atoms with E-state index < -0.39 is 6.09 Å². The van der Waals surface area contributed by atoms with Crippen LogP contribution in [0.2, 0.25) is 0 Å². The number of hydroxylamine groups is 2. The van der Waals surface area contributed by atoms with Gasteiger partial charge in [-0.25, -0.2) is 4.79 Å². The fourth-order valence-corrected chi connectivity index (χ4v) is 1.64. The van der Waals surface area contributed by atoms with Gasteiger partial charge in [0.25, 0.3) is 0 Å². The Morgan fingerprint density at radius 3 is 2.79 bits per heavy atom. The average Bonchev–Trinajstić information content (AvgIpc) is 2.67. The summed E-state index contributed by atoms with van der Waals surface area (Å²) in [6, 6.07) is 9.37. The molecule has 74 valence electrons. The zero-order chi connectivity index (χ0) is 9.97. The van der Waals surface area contributed by atoms with Gasteiger partial charge < -0.3 is 5.11 Å². The lowest BCUT2D eigenvalue weighted by molar-refractivity contribution is -0.104. The van der Waals surface area contributed by atoms with Gasteiger partial charge >= 0.3 is 6.09 Å². The van der Waals surface area contributed by atoms with Crippen LogP contribution in [0, 0.1) is 0 Å². The molecule has 1 aromatic carbocycles. The normalized spacial score (nSPS) is 21.1. The SMILES string of the molecule is O=C(O)N1OCC[C@H]1c1ccccc1. The molecule has 1 N–H and O–H groups in total. The predicted molar refractivity (Wildman–Crippen MR) is 49.6 cm³/mol. The van der Waals surface area contributed by atoms with Crippen LogP contribution in [0.4, 0.5) is 4.79 Å². The zero-order valence-corrected chi connectivity index (χ0v) is 7.59. The highest BCUT2D eigenvalue weighted by atomic mass is 16.7. The maximum atomic E-state index is 10.8. The van der Waals surface area contributed by atoms with Crippen molar-refractivity contribution < 1.29 is 14.7 Å². The summed E-state index contributed by atoms with van der Waals surface area (Å²) in [5.74, 6) is 0. The monoisotopic (exact) mass is 193 g/mol. The van der Waals surface area contributed by atoms with Crippen molar-refractivity contribution in [2.75, 3.05) is 6.61 Å². The number of carboxylic acid groups (broad SMARTS) is 1. The number of amides is 1. The Morgan fingerprint density at radius 1 is 1.43 bits per heavy atom. The fraction of sp³-hybridized carbons (Fsp3) is 0.300. The highest BCUT2D eigenvalue weighted by Crippen LogP contribution is 2.29. The molecule has 0 unspecified atom stereocenters. The molecule has 0 aliphatic carbocycles. The minimum absolute atomic E-state index is 0.159. The van der Waals surface area contributed by atoms with Crippen molar-refractivity contribution in [2.24, 2.45) is 0 Å². The standard InChI is InChI=1S/C10H11NO3/c12-10(13)11-9(6-7-14-11)8-4-2-1-3-5-8/h1-5,9H,6-7H2,(H,12,13)/t9-/m0/s1. The van der Waals surface area contributed by atoms with Gasteiger partial charge in [-0.2, -0.15) is 5.06 Å². The van der Waals surface area contributed by atoms with E-state index >= 15 is 0 Å². The summed E-state index contributed by atoms with van der Waals surface area (Å²) in [5.41, 5.74) is 0.979. The van der Waals surface area contributed by atoms with Crippen molar-refractivity contribution in [3.8, 4) is 0 Å². The third-order valence-corrected chi connectivity index (χ3v) is 2.28. The summed E-state index contributed by atoms with van der Waals surface area (Å²) >= 11 is 0. The van der Waals surface area contributed by atoms with Gasteiger partial charge in [-0.05, 0) is 5.56 Å². The molecule has 0 aromatic heterocycles. The van der Waals surface area contributed by atoms with Crippen molar-refractivity contribution in [3.05, 3.63) is 35.9 Å². The highest BCUT2D eigenvalue weighted by Gasteiger charge is 2.31. The molecule has 1 amide bonds. The van der Waals surface area contributed by atoms with Gasteiger partial charge in [-0.3, -0.25) is 4.84 Å². The second kappa shape index (κ2) is 3.67. The quantitative estimate of drug-likeness (QED) is 0.742.